The molecule has 2 amide bonds. The third-order valence-electron chi connectivity index (χ3n) is 4.49. The second kappa shape index (κ2) is 13.0. The van der Waals surface area contributed by atoms with Crippen LogP contribution in [0.2, 0.25) is 0 Å². The van der Waals surface area contributed by atoms with E-state index in [-0.39, 0.29) is 48.1 Å². The number of ether oxygens (including phenoxy) is 2. The number of alkyl carbamates (subject to hydrolysis) is 1. The first-order valence-corrected chi connectivity index (χ1v) is 9.85. The van der Waals surface area contributed by atoms with Gasteiger partial charge in [-0.05, 0) is 39.5 Å². The second-order valence-electron chi connectivity index (χ2n) is 8.33. The van der Waals surface area contributed by atoms with Gasteiger partial charge in [0.1, 0.15) is 5.60 Å². The summed E-state index contributed by atoms with van der Waals surface area (Å²) in [5, 5.41) is 9.58. The fourth-order valence-corrected chi connectivity index (χ4v) is 2.84. The van der Waals surface area contributed by atoms with Gasteiger partial charge in [0.05, 0.1) is 13.2 Å². The van der Waals surface area contributed by atoms with Crippen LogP contribution in [0.25, 0.3) is 0 Å². The van der Waals surface area contributed by atoms with Crippen molar-refractivity contribution in [3.63, 3.8) is 0 Å². The Kier molecular flexibility index (Phi) is 12.3. The number of hydrogen-bond donors (Lipinski definition) is 3. The van der Waals surface area contributed by atoms with Gasteiger partial charge in [-0.2, -0.15) is 0 Å². The molecule has 1 rings (SSSR count). The highest BCUT2D eigenvalue weighted by atomic mass is 127. The molecular weight excluding hydrogens is 489 g/mol. The Morgan fingerprint density at radius 3 is 2.24 bits per heavy atom. The van der Waals surface area contributed by atoms with Crippen molar-refractivity contribution < 1.29 is 19.1 Å². The van der Waals surface area contributed by atoms with E-state index >= 15 is 0 Å². The largest absolute Gasteiger partial charge is 0.453 e. The van der Waals surface area contributed by atoms with Gasteiger partial charge in [0.2, 0.25) is 0 Å². The molecule has 170 valence electrons. The van der Waals surface area contributed by atoms with Crippen molar-refractivity contribution in [3.8, 4) is 0 Å². The number of carbonyl (C=O) groups is 2. The van der Waals surface area contributed by atoms with Crippen molar-refractivity contribution in [1.82, 2.24) is 20.9 Å². The van der Waals surface area contributed by atoms with E-state index in [2.05, 4.69) is 20.9 Å². The van der Waals surface area contributed by atoms with E-state index in [1.54, 1.807) is 11.9 Å². The van der Waals surface area contributed by atoms with Gasteiger partial charge in [0.15, 0.2) is 5.96 Å². The van der Waals surface area contributed by atoms with Gasteiger partial charge < -0.3 is 30.3 Å². The fraction of sp³-hybridized carbons (Fsp3) is 0.842. The average Bonchev–Trinajstić information content (AvgIpc) is 2.62. The number of piperidine rings is 1. The molecule has 1 heterocycles. The SMILES string of the molecule is CN=C(NCC(NC(=O)OC(C)(C)C)C(C)C)NC1CCN(C(=O)OC)CC1.I. The minimum atomic E-state index is -0.532. The number of hydrogen-bond acceptors (Lipinski definition) is 5. The van der Waals surface area contributed by atoms with E-state index in [9.17, 15) is 9.59 Å². The van der Waals surface area contributed by atoms with Crippen LogP contribution in [0.3, 0.4) is 0 Å². The molecule has 1 unspecified atom stereocenters. The average molecular weight is 527 g/mol. The number of likely N-dealkylation sites (tertiary alicyclic amines) is 1. The van der Waals surface area contributed by atoms with Crippen LogP contribution in [0.1, 0.15) is 47.5 Å². The minimum Gasteiger partial charge on any atom is -0.453 e. The topological polar surface area (TPSA) is 104 Å². The van der Waals surface area contributed by atoms with Crippen LogP contribution in [-0.2, 0) is 9.47 Å². The van der Waals surface area contributed by atoms with E-state index < -0.39 is 11.7 Å². The zero-order valence-corrected chi connectivity index (χ0v) is 21.0. The number of carbonyl (C=O) groups excluding carboxylic acids is 2. The normalized spacial score (nSPS) is 16.6. The molecule has 1 aliphatic rings. The summed E-state index contributed by atoms with van der Waals surface area (Å²) in [6, 6.07) is 0.123. The number of rotatable bonds is 5. The Morgan fingerprint density at radius 1 is 1.21 bits per heavy atom. The molecule has 0 spiro atoms. The molecule has 0 bridgehead atoms. The van der Waals surface area contributed by atoms with Gasteiger partial charge >= 0.3 is 12.2 Å². The molecule has 1 fully saturated rings. The van der Waals surface area contributed by atoms with E-state index in [0.29, 0.717) is 25.6 Å². The molecule has 0 aromatic heterocycles. The summed E-state index contributed by atoms with van der Waals surface area (Å²) in [5.41, 5.74) is -0.532. The van der Waals surface area contributed by atoms with Gasteiger partial charge in [-0.15, -0.1) is 24.0 Å². The molecule has 0 saturated carbocycles. The minimum absolute atomic E-state index is 0. The Bertz CT molecular complexity index is 543. The molecule has 0 aromatic carbocycles. The third kappa shape index (κ3) is 10.8. The Hall–Kier alpha value is -1.46. The third-order valence-corrected chi connectivity index (χ3v) is 4.49. The van der Waals surface area contributed by atoms with Gasteiger partial charge in [-0.1, -0.05) is 13.8 Å². The van der Waals surface area contributed by atoms with Crippen LogP contribution < -0.4 is 16.0 Å². The molecular formula is C19H38IN5O4. The Balaban J connectivity index is 0.00000784. The van der Waals surface area contributed by atoms with Crippen molar-refractivity contribution in [2.45, 2.75) is 65.1 Å². The summed E-state index contributed by atoms with van der Waals surface area (Å²) in [7, 11) is 3.11. The maximum absolute atomic E-state index is 12.1. The molecule has 1 atom stereocenters. The van der Waals surface area contributed by atoms with Gasteiger partial charge in [-0.25, -0.2) is 9.59 Å². The Morgan fingerprint density at radius 2 is 1.79 bits per heavy atom. The van der Waals surface area contributed by atoms with Gasteiger partial charge in [0.25, 0.3) is 0 Å². The standard InChI is InChI=1S/C19H37N5O4.HI/c1-13(2)15(23-17(25)28-19(3,4)5)12-21-16(20-6)22-14-8-10-24(11-9-14)18(26)27-7;/h13-15H,8-12H2,1-7H3,(H,23,25)(H2,20,21,22);1H. The fourth-order valence-electron chi connectivity index (χ4n) is 2.84. The second-order valence-corrected chi connectivity index (χ2v) is 8.33. The molecule has 0 aromatic rings. The maximum Gasteiger partial charge on any atom is 0.409 e. The molecule has 1 aliphatic heterocycles. The van der Waals surface area contributed by atoms with Crippen LogP contribution in [0.5, 0.6) is 0 Å². The van der Waals surface area contributed by atoms with E-state index in [0.717, 1.165) is 12.8 Å². The molecule has 3 N–H and O–H groups in total. The number of methoxy groups -OCH3 is 1. The lowest BCUT2D eigenvalue weighted by Crippen LogP contribution is -2.53. The summed E-state index contributed by atoms with van der Waals surface area (Å²) < 4.78 is 10.1. The lowest BCUT2D eigenvalue weighted by Gasteiger charge is -2.32. The van der Waals surface area contributed by atoms with Gasteiger partial charge in [0, 0.05) is 32.7 Å². The summed E-state index contributed by atoms with van der Waals surface area (Å²) in [5.74, 6) is 0.898. The van der Waals surface area contributed by atoms with Crippen molar-refractivity contribution in [1.29, 1.82) is 0 Å². The molecule has 9 nitrogen and oxygen atoms in total. The maximum atomic E-state index is 12.1. The summed E-state index contributed by atoms with van der Waals surface area (Å²) in [6.45, 7) is 11.4. The first-order chi connectivity index (χ1) is 13.1. The van der Waals surface area contributed by atoms with E-state index in [1.807, 2.05) is 34.6 Å². The summed E-state index contributed by atoms with van der Waals surface area (Å²) in [4.78, 5) is 29.6. The number of nitrogens with one attached hydrogen (secondary N) is 3. The first-order valence-electron chi connectivity index (χ1n) is 9.85. The van der Waals surface area contributed by atoms with Crippen LogP contribution in [0.15, 0.2) is 4.99 Å². The lowest BCUT2D eigenvalue weighted by molar-refractivity contribution is 0.0491. The van der Waals surface area contributed by atoms with Crippen molar-refractivity contribution in [2.75, 3.05) is 33.8 Å². The number of aliphatic imine (C=N–C) groups is 1. The highest BCUT2D eigenvalue weighted by Gasteiger charge is 2.25. The predicted molar refractivity (Wildman–Crippen MR) is 125 cm³/mol. The summed E-state index contributed by atoms with van der Waals surface area (Å²) >= 11 is 0. The zero-order valence-electron chi connectivity index (χ0n) is 18.7. The van der Waals surface area contributed by atoms with Gasteiger partial charge in [-0.3, -0.25) is 4.99 Å². The lowest BCUT2D eigenvalue weighted by atomic mass is 10.0. The number of amides is 2. The van der Waals surface area contributed by atoms with Crippen LogP contribution in [-0.4, -0.2) is 74.5 Å². The van der Waals surface area contributed by atoms with E-state index in [4.69, 9.17) is 9.47 Å². The summed E-state index contributed by atoms with van der Waals surface area (Å²) in [6.07, 6.45) is 0.930. The number of nitrogens with zero attached hydrogens (tertiary/aromatic N) is 2. The molecule has 10 heteroatoms. The highest BCUT2D eigenvalue weighted by molar-refractivity contribution is 14.0. The quantitative estimate of drug-likeness (QED) is 0.289. The van der Waals surface area contributed by atoms with Crippen LogP contribution in [0.4, 0.5) is 9.59 Å². The van der Waals surface area contributed by atoms with Crippen molar-refractivity contribution in [3.05, 3.63) is 0 Å². The smallest absolute Gasteiger partial charge is 0.409 e. The van der Waals surface area contributed by atoms with Crippen LogP contribution in [0, 0.1) is 5.92 Å². The van der Waals surface area contributed by atoms with Crippen molar-refractivity contribution in [2.24, 2.45) is 10.9 Å². The Labute approximate surface area is 191 Å². The zero-order chi connectivity index (χ0) is 21.3. The molecule has 0 radical (unpaired) electrons. The number of halogens is 1. The monoisotopic (exact) mass is 527 g/mol. The number of guanidine groups is 1. The van der Waals surface area contributed by atoms with E-state index in [1.165, 1.54) is 7.11 Å². The molecule has 29 heavy (non-hydrogen) atoms. The predicted octanol–water partition coefficient (Wildman–Crippen LogP) is 2.55. The van der Waals surface area contributed by atoms with Crippen LogP contribution >= 0.6 is 24.0 Å². The molecule has 1 saturated heterocycles. The highest BCUT2D eigenvalue weighted by Crippen LogP contribution is 2.11. The van der Waals surface area contributed by atoms with Crippen molar-refractivity contribution >= 4 is 42.1 Å². The molecule has 0 aliphatic carbocycles. The first kappa shape index (κ1) is 27.5.